The first-order valence-corrected chi connectivity index (χ1v) is 16.0. The summed E-state index contributed by atoms with van der Waals surface area (Å²) < 4.78 is 95.8. The van der Waals surface area contributed by atoms with Crippen LogP contribution in [0.2, 0.25) is 18.1 Å². The Balaban J connectivity index is 1.39. The number of ether oxygens (including phenoxy) is 1. The lowest BCUT2D eigenvalue weighted by molar-refractivity contribution is -0.290. The molecule has 0 radical (unpaired) electrons. The van der Waals surface area contributed by atoms with E-state index in [0.29, 0.717) is 11.5 Å². The van der Waals surface area contributed by atoms with Gasteiger partial charge in [0.2, 0.25) is 0 Å². The third-order valence-electron chi connectivity index (χ3n) is 8.29. The molecular weight excluding hydrogens is 501 g/mol. The normalized spacial score (nSPS) is 25.7. The molecule has 0 unspecified atom stereocenters. The maximum atomic E-state index is 14.3. The van der Waals surface area contributed by atoms with E-state index in [1.807, 2.05) is 0 Å². The average molecular weight is 541 g/mol. The van der Waals surface area contributed by atoms with Crippen molar-refractivity contribution >= 4 is 8.80 Å². The van der Waals surface area contributed by atoms with Gasteiger partial charge in [-0.2, -0.15) is 22.0 Å². The predicted molar refractivity (Wildman–Crippen MR) is 131 cm³/mol. The maximum Gasteiger partial charge on any atom is 0.456 e. The SMILES string of the molecule is CCC[SiH]1CCC(CCCCC2CCC(c3cc(F)c(OCC(F)(F)C(F)(F)F)c(F)c3)CC2)CC1. The summed E-state index contributed by atoms with van der Waals surface area (Å²) in [6, 6.07) is 6.57. The van der Waals surface area contributed by atoms with Gasteiger partial charge in [-0.05, 0) is 61.1 Å². The van der Waals surface area contributed by atoms with E-state index >= 15 is 0 Å². The Hall–Kier alpha value is -1.25. The smallest absolute Gasteiger partial charge is 0.456 e. The summed E-state index contributed by atoms with van der Waals surface area (Å²) >= 11 is 0. The van der Waals surface area contributed by atoms with Gasteiger partial charge in [-0.25, -0.2) is 8.78 Å². The first-order chi connectivity index (χ1) is 17.0. The molecular formula is C27H39F7OSi. The fourth-order valence-electron chi connectivity index (χ4n) is 6.07. The molecule has 1 heterocycles. The highest BCUT2D eigenvalue weighted by Gasteiger charge is 2.58. The van der Waals surface area contributed by atoms with Gasteiger partial charge in [0.15, 0.2) is 24.0 Å². The molecule has 1 nitrogen and oxygen atoms in total. The largest absolute Gasteiger partial charge is 0.481 e. The molecule has 206 valence electrons. The van der Waals surface area contributed by atoms with Crippen molar-refractivity contribution in [1.29, 1.82) is 0 Å². The van der Waals surface area contributed by atoms with E-state index in [0.717, 1.165) is 43.7 Å². The second-order valence-corrected chi connectivity index (χ2v) is 14.4. The van der Waals surface area contributed by atoms with Crippen LogP contribution in [-0.2, 0) is 0 Å². The Labute approximate surface area is 211 Å². The van der Waals surface area contributed by atoms with Gasteiger partial charge in [0, 0.05) is 8.80 Å². The molecule has 0 amide bonds. The van der Waals surface area contributed by atoms with Crippen LogP contribution in [0.3, 0.4) is 0 Å². The quantitative estimate of drug-likeness (QED) is 0.154. The van der Waals surface area contributed by atoms with E-state index in [-0.39, 0.29) is 5.92 Å². The highest BCUT2D eigenvalue weighted by atomic mass is 28.3. The molecule has 1 saturated heterocycles. The molecule has 0 spiro atoms. The fraction of sp³-hybridized carbons (Fsp3) is 0.778. The lowest BCUT2D eigenvalue weighted by Crippen LogP contribution is -2.42. The molecule has 1 aliphatic carbocycles. The van der Waals surface area contributed by atoms with Gasteiger partial charge in [0.05, 0.1) is 0 Å². The first kappa shape index (κ1) is 29.3. The number of rotatable bonds is 11. The van der Waals surface area contributed by atoms with Crippen LogP contribution in [0.15, 0.2) is 12.1 Å². The number of unbranched alkanes of at least 4 members (excludes halogenated alkanes) is 1. The second kappa shape index (κ2) is 13.0. The summed E-state index contributed by atoms with van der Waals surface area (Å²) in [4.78, 5) is 0. The lowest BCUT2D eigenvalue weighted by Gasteiger charge is -2.30. The van der Waals surface area contributed by atoms with Crippen LogP contribution in [0.1, 0.15) is 89.0 Å². The highest BCUT2D eigenvalue weighted by molar-refractivity contribution is 6.58. The zero-order valence-corrected chi connectivity index (χ0v) is 22.3. The third-order valence-corrected chi connectivity index (χ3v) is 12.0. The van der Waals surface area contributed by atoms with Gasteiger partial charge in [-0.15, -0.1) is 0 Å². The van der Waals surface area contributed by atoms with Crippen LogP contribution in [0.5, 0.6) is 5.75 Å². The van der Waals surface area contributed by atoms with Crippen LogP contribution >= 0.6 is 0 Å². The number of hydrogen-bond acceptors (Lipinski definition) is 1. The van der Waals surface area contributed by atoms with Gasteiger partial charge in [-0.1, -0.05) is 70.0 Å². The van der Waals surface area contributed by atoms with Crippen molar-refractivity contribution in [2.75, 3.05) is 6.61 Å². The Bertz CT molecular complexity index is 790. The van der Waals surface area contributed by atoms with E-state index in [4.69, 9.17) is 0 Å². The zero-order chi connectivity index (χ0) is 26.3. The summed E-state index contributed by atoms with van der Waals surface area (Å²) in [6.45, 7) is 0.128. The summed E-state index contributed by atoms with van der Waals surface area (Å²) in [5.41, 5.74) is 0.403. The predicted octanol–water partition coefficient (Wildman–Crippen LogP) is 9.42. The summed E-state index contributed by atoms with van der Waals surface area (Å²) in [7, 11) is -0.413. The van der Waals surface area contributed by atoms with E-state index in [1.54, 1.807) is 0 Å². The fourth-order valence-corrected chi connectivity index (χ4v) is 9.63. The van der Waals surface area contributed by atoms with Crippen molar-refractivity contribution in [2.24, 2.45) is 11.8 Å². The Morgan fingerprint density at radius 1 is 0.833 bits per heavy atom. The highest BCUT2D eigenvalue weighted by Crippen LogP contribution is 2.41. The minimum Gasteiger partial charge on any atom is -0.481 e. The van der Waals surface area contributed by atoms with E-state index in [9.17, 15) is 30.7 Å². The van der Waals surface area contributed by atoms with E-state index in [1.165, 1.54) is 63.1 Å². The molecule has 0 bridgehead atoms. The van der Waals surface area contributed by atoms with Crippen molar-refractivity contribution in [1.82, 2.24) is 0 Å². The Morgan fingerprint density at radius 3 is 1.86 bits per heavy atom. The number of halogens is 7. The molecule has 0 aromatic heterocycles. The first-order valence-electron chi connectivity index (χ1n) is 13.6. The minimum atomic E-state index is -5.85. The minimum absolute atomic E-state index is 0.0570. The lowest BCUT2D eigenvalue weighted by atomic mass is 9.77. The molecule has 1 aromatic carbocycles. The van der Waals surface area contributed by atoms with Crippen molar-refractivity contribution < 1.29 is 35.5 Å². The molecule has 36 heavy (non-hydrogen) atoms. The maximum absolute atomic E-state index is 14.3. The van der Waals surface area contributed by atoms with Gasteiger partial charge >= 0.3 is 12.1 Å². The standard InChI is InChI=1S/C27H39F7OSi/c1-2-13-36-14-11-20(12-15-36)6-4-3-5-19-7-9-21(10-8-19)22-16-23(28)25(24(29)17-22)35-18-26(30,31)27(32,33)34/h16-17,19-21,36H,2-15,18H2,1H3. The molecule has 9 heteroatoms. The summed E-state index contributed by atoms with van der Waals surface area (Å²) in [5.74, 6) is -7.43. The molecule has 1 aliphatic heterocycles. The average Bonchev–Trinajstić information content (AvgIpc) is 2.82. The van der Waals surface area contributed by atoms with Gasteiger partial charge in [0.1, 0.15) is 0 Å². The number of hydrogen-bond donors (Lipinski definition) is 0. The van der Waals surface area contributed by atoms with Gasteiger partial charge < -0.3 is 4.74 Å². The monoisotopic (exact) mass is 540 g/mol. The van der Waals surface area contributed by atoms with Crippen molar-refractivity contribution in [3.05, 3.63) is 29.3 Å². The summed E-state index contributed by atoms with van der Waals surface area (Å²) in [6.07, 6.45) is 6.87. The second-order valence-electron chi connectivity index (χ2n) is 11.0. The van der Waals surface area contributed by atoms with Crippen molar-refractivity contribution in [3.8, 4) is 5.75 Å². The number of benzene rings is 1. The van der Waals surface area contributed by atoms with Crippen LogP contribution in [-0.4, -0.2) is 27.5 Å². The molecule has 3 rings (SSSR count). The van der Waals surface area contributed by atoms with E-state index in [2.05, 4.69) is 11.7 Å². The topological polar surface area (TPSA) is 9.23 Å². The summed E-state index contributed by atoms with van der Waals surface area (Å²) in [5, 5.41) is 0. The van der Waals surface area contributed by atoms with E-state index < -0.39 is 44.9 Å². The molecule has 1 aromatic rings. The van der Waals surface area contributed by atoms with Crippen LogP contribution in [0.25, 0.3) is 0 Å². The Morgan fingerprint density at radius 2 is 1.36 bits per heavy atom. The van der Waals surface area contributed by atoms with Crippen molar-refractivity contribution in [2.45, 2.75) is 114 Å². The molecule has 2 aliphatic rings. The van der Waals surface area contributed by atoms with Gasteiger partial charge in [-0.3, -0.25) is 0 Å². The molecule has 2 fully saturated rings. The van der Waals surface area contributed by atoms with Crippen LogP contribution in [0, 0.1) is 23.5 Å². The third kappa shape index (κ3) is 8.12. The van der Waals surface area contributed by atoms with Crippen LogP contribution in [0.4, 0.5) is 30.7 Å². The van der Waals surface area contributed by atoms with Crippen LogP contribution < -0.4 is 4.74 Å². The Kier molecular flexibility index (Phi) is 10.6. The molecule has 0 N–H and O–H groups in total. The molecule has 1 saturated carbocycles. The zero-order valence-electron chi connectivity index (χ0n) is 21.1. The van der Waals surface area contributed by atoms with Crippen molar-refractivity contribution in [3.63, 3.8) is 0 Å². The van der Waals surface area contributed by atoms with Gasteiger partial charge in [0.25, 0.3) is 0 Å². The number of alkyl halides is 5. The molecule has 0 atom stereocenters.